The van der Waals surface area contributed by atoms with Crippen LogP contribution in [0.2, 0.25) is 0 Å². The highest BCUT2D eigenvalue weighted by atomic mass is 19.4. The molecule has 8 heteroatoms. The van der Waals surface area contributed by atoms with Crippen molar-refractivity contribution >= 4 is 10.9 Å². The molecule has 0 radical (unpaired) electrons. The van der Waals surface area contributed by atoms with Gasteiger partial charge in [-0.1, -0.05) is 28.9 Å². The highest BCUT2D eigenvalue weighted by molar-refractivity contribution is 5.83. The van der Waals surface area contributed by atoms with E-state index in [4.69, 9.17) is 4.52 Å². The fraction of sp³-hybridized carbons (Fsp3) is 0.150. The Balaban J connectivity index is 1.83. The summed E-state index contributed by atoms with van der Waals surface area (Å²) in [6.07, 6.45) is -2.90. The molecule has 4 rings (SSSR count). The molecule has 0 amide bonds. The van der Waals surface area contributed by atoms with E-state index in [0.717, 1.165) is 23.2 Å². The number of benzene rings is 2. The van der Waals surface area contributed by atoms with Crippen LogP contribution in [0.4, 0.5) is 13.2 Å². The van der Waals surface area contributed by atoms with Gasteiger partial charge in [0.15, 0.2) is 0 Å². The van der Waals surface area contributed by atoms with E-state index in [1.807, 2.05) is 19.1 Å². The third-order valence-electron chi connectivity index (χ3n) is 4.45. The van der Waals surface area contributed by atoms with Crippen molar-refractivity contribution in [3.63, 3.8) is 0 Å². The summed E-state index contributed by atoms with van der Waals surface area (Å²) in [6, 6.07) is 10.1. The molecule has 5 nitrogen and oxygen atoms in total. The van der Waals surface area contributed by atoms with Crippen LogP contribution < -0.4 is 5.43 Å². The molecule has 28 heavy (non-hydrogen) atoms. The van der Waals surface area contributed by atoms with Crippen LogP contribution in [0, 0.1) is 6.92 Å². The lowest BCUT2D eigenvalue weighted by atomic mass is 10.1. The van der Waals surface area contributed by atoms with Gasteiger partial charge in [0.05, 0.1) is 11.1 Å². The van der Waals surface area contributed by atoms with Crippen LogP contribution in [0.1, 0.15) is 11.1 Å². The quantitative estimate of drug-likeness (QED) is 0.507. The molecule has 0 aliphatic carbocycles. The Morgan fingerprint density at radius 2 is 1.89 bits per heavy atom. The van der Waals surface area contributed by atoms with Crippen molar-refractivity contribution in [1.29, 1.82) is 0 Å². The smallest absolute Gasteiger partial charge is 0.350 e. The second-order valence-corrected chi connectivity index (χ2v) is 6.51. The zero-order valence-electron chi connectivity index (χ0n) is 14.9. The molecule has 0 bridgehead atoms. The predicted octanol–water partition coefficient (Wildman–Crippen LogP) is 4.58. The minimum Gasteiger partial charge on any atom is -0.350 e. The number of fused-ring (bicyclic) bond motifs is 1. The normalized spacial score (nSPS) is 11.9. The van der Waals surface area contributed by atoms with Gasteiger partial charge >= 0.3 is 6.18 Å². The van der Waals surface area contributed by atoms with Gasteiger partial charge in [0.1, 0.15) is 5.56 Å². The molecule has 2 heterocycles. The van der Waals surface area contributed by atoms with Gasteiger partial charge < -0.3 is 9.09 Å². The largest absolute Gasteiger partial charge is 0.416 e. The number of halogens is 3. The number of pyridine rings is 1. The van der Waals surface area contributed by atoms with Crippen LogP contribution >= 0.6 is 0 Å². The van der Waals surface area contributed by atoms with Gasteiger partial charge in [-0.25, -0.2) is 0 Å². The SMILES string of the molecule is Cc1ccc2c(c1)c(=O)c(-c1nc(-c3cccc(C(F)(F)F)c3)no1)cn2C. The van der Waals surface area contributed by atoms with Crippen molar-refractivity contribution in [2.24, 2.45) is 7.05 Å². The maximum absolute atomic E-state index is 12.9. The molecular weight excluding hydrogens is 371 g/mol. The van der Waals surface area contributed by atoms with Crippen LogP contribution in [0.3, 0.4) is 0 Å². The summed E-state index contributed by atoms with van der Waals surface area (Å²) >= 11 is 0. The van der Waals surface area contributed by atoms with Crippen molar-refractivity contribution < 1.29 is 17.7 Å². The van der Waals surface area contributed by atoms with Crippen LogP contribution in [-0.2, 0) is 13.2 Å². The number of aromatic nitrogens is 3. The van der Waals surface area contributed by atoms with Gasteiger partial charge in [-0.15, -0.1) is 0 Å². The minimum absolute atomic E-state index is 0.0208. The Morgan fingerprint density at radius 1 is 1.11 bits per heavy atom. The lowest BCUT2D eigenvalue weighted by Gasteiger charge is -2.07. The number of alkyl halides is 3. The molecule has 0 aliphatic heterocycles. The number of hydrogen-bond donors (Lipinski definition) is 0. The van der Waals surface area contributed by atoms with E-state index in [1.54, 1.807) is 23.9 Å². The van der Waals surface area contributed by atoms with E-state index in [0.29, 0.717) is 5.39 Å². The maximum atomic E-state index is 12.9. The zero-order chi connectivity index (χ0) is 20.1. The molecule has 0 fully saturated rings. The third-order valence-corrected chi connectivity index (χ3v) is 4.45. The summed E-state index contributed by atoms with van der Waals surface area (Å²) in [7, 11) is 1.78. The molecule has 4 aromatic rings. The molecule has 0 atom stereocenters. The second kappa shape index (κ2) is 6.33. The van der Waals surface area contributed by atoms with Crippen molar-refractivity contribution in [2.75, 3.05) is 0 Å². The molecule has 0 saturated heterocycles. The molecule has 2 aromatic heterocycles. The van der Waals surface area contributed by atoms with E-state index in [2.05, 4.69) is 10.1 Å². The summed E-state index contributed by atoms with van der Waals surface area (Å²) in [4.78, 5) is 17.0. The second-order valence-electron chi connectivity index (χ2n) is 6.51. The minimum atomic E-state index is -4.48. The Morgan fingerprint density at radius 3 is 2.64 bits per heavy atom. The fourth-order valence-corrected chi connectivity index (χ4v) is 3.04. The maximum Gasteiger partial charge on any atom is 0.416 e. The molecular formula is C20H14F3N3O2. The molecule has 0 aliphatic rings. The number of aryl methyl sites for hydroxylation is 2. The van der Waals surface area contributed by atoms with Gasteiger partial charge in [-0.3, -0.25) is 4.79 Å². The fourth-order valence-electron chi connectivity index (χ4n) is 3.04. The van der Waals surface area contributed by atoms with Gasteiger partial charge in [0.2, 0.25) is 11.3 Å². The van der Waals surface area contributed by atoms with E-state index in [9.17, 15) is 18.0 Å². The van der Waals surface area contributed by atoms with E-state index < -0.39 is 11.7 Å². The first-order valence-corrected chi connectivity index (χ1v) is 8.36. The lowest BCUT2D eigenvalue weighted by molar-refractivity contribution is -0.137. The van der Waals surface area contributed by atoms with Gasteiger partial charge in [0, 0.05) is 24.2 Å². The molecule has 0 N–H and O–H groups in total. The summed E-state index contributed by atoms with van der Waals surface area (Å²) < 4.78 is 45.7. The third kappa shape index (κ3) is 3.06. The van der Waals surface area contributed by atoms with Gasteiger partial charge in [-0.05, 0) is 31.2 Å². The average Bonchev–Trinajstić information content (AvgIpc) is 3.14. The molecule has 0 saturated carbocycles. The van der Waals surface area contributed by atoms with Crippen LogP contribution in [0.25, 0.3) is 33.7 Å². The first-order chi connectivity index (χ1) is 13.2. The van der Waals surface area contributed by atoms with Crippen molar-refractivity contribution in [1.82, 2.24) is 14.7 Å². The van der Waals surface area contributed by atoms with E-state index in [1.165, 1.54) is 12.1 Å². The molecule has 2 aromatic carbocycles. The number of rotatable bonds is 2. The van der Waals surface area contributed by atoms with Crippen LogP contribution in [-0.4, -0.2) is 14.7 Å². The first kappa shape index (κ1) is 18.0. The monoisotopic (exact) mass is 385 g/mol. The zero-order valence-corrected chi connectivity index (χ0v) is 14.9. The Labute approximate surface area is 157 Å². The van der Waals surface area contributed by atoms with E-state index >= 15 is 0 Å². The number of hydrogen-bond acceptors (Lipinski definition) is 4. The van der Waals surface area contributed by atoms with Crippen molar-refractivity contribution in [2.45, 2.75) is 13.1 Å². The molecule has 0 unspecified atom stereocenters. The van der Waals surface area contributed by atoms with Crippen LogP contribution in [0.5, 0.6) is 0 Å². The molecule has 142 valence electrons. The number of nitrogens with zero attached hydrogens (tertiary/aromatic N) is 3. The Hall–Kier alpha value is -3.42. The molecule has 0 spiro atoms. The summed E-state index contributed by atoms with van der Waals surface area (Å²) in [5.41, 5.74) is 0.919. The first-order valence-electron chi connectivity index (χ1n) is 8.36. The van der Waals surface area contributed by atoms with E-state index in [-0.39, 0.29) is 28.3 Å². The van der Waals surface area contributed by atoms with Crippen LogP contribution in [0.15, 0.2) is 58.0 Å². The Bertz CT molecular complexity index is 1260. The summed E-state index contributed by atoms with van der Waals surface area (Å²) in [5.74, 6) is -0.0658. The highest BCUT2D eigenvalue weighted by Crippen LogP contribution is 2.32. The predicted molar refractivity (Wildman–Crippen MR) is 97.7 cm³/mol. The highest BCUT2D eigenvalue weighted by Gasteiger charge is 2.31. The van der Waals surface area contributed by atoms with Gasteiger partial charge in [-0.2, -0.15) is 18.2 Å². The summed E-state index contributed by atoms with van der Waals surface area (Å²) in [5, 5.41) is 4.25. The average molecular weight is 385 g/mol. The topological polar surface area (TPSA) is 60.9 Å². The van der Waals surface area contributed by atoms with Gasteiger partial charge in [0.25, 0.3) is 5.89 Å². The van der Waals surface area contributed by atoms with Crippen molar-refractivity contribution in [3.05, 3.63) is 70.0 Å². The Kier molecular flexibility index (Phi) is 4.06. The lowest BCUT2D eigenvalue weighted by Crippen LogP contribution is -2.10. The standard InChI is InChI=1S/C20H14F3N3O2/c1-11-6-7-16-14(8-11)17(27)15(10-26(16)2)19-24-18(25-28-19)12-4-3-5-13(9-12)20(21,22)23/h3-10H,1-2H3. The summed E-state index contributed by atoms with van der Waals surface area (Å²) in [6.45, 7) is 1.88. The van der Waals surface area contributed by atoms with Crippen molar-refractivity contribution in [3.8, 4) is 22.8 Å².